The van der Waals surface area contributed by atoms with Gasteiger partial charge < -0.3 is 4.42 Å². The third-order valence-electron chi connectivity index (χ3n) is 3.34. The molecule has 0 amide bonds. The lowest BCUT2D eigenvalue weighted by Crippen LogP contribution is -2.25. The third-order valence-corrected chi connectivity index (χ3v) is 6.30. The van der Waals surface area contributed by atoms with Gasteiger partial charge in [0.2, 0.25) is 21.8 Å². The van der Waals surface area contributed by atoms with E-state index in [-0.39, 0.29) is 6.54 Å². The average molecular weight is 363 g/mol. The second-order valence-electron chi connectivity index (χ2n) is 5.38. The van der Waals surface area contributed by atoms with Crippen molar-refractivity contribution in [2.45, 2.75) is 24.5 Å². The van der Waals surface area contributed by atoms with E-state index < -0.39 is 10.0 Å². The van der Waals surface area contributed by atoms with Crippen LogP contribution in [0.5, 0.6) is 0 Å². The van der Waals surface area contributed by atoms with Crippen molar-refractivity contribution in [1.82, 2.24) is 14.9 Å². The summed E-state index contributed by atoms with van der Waals surface area (Å²) in [5.74, 6) is 0.835. The molecule has 2 aromatic heterocycles. The molecule has 2 heterocycles. The van der Waals surface area contributed by atoms with Crippen LogP contribution in [-0.4, -0.2) is 25.2 Å². The minimum atomic E-state index is -3.48. The summed E-state index contributed by atoms with van der Waals surface area (Å²) in [4.78, 5) is 0.954. The maximum absolute atomic E-state index is 12.1. The van der Waals surface area contributed by atoms with Crippen LogP contribution in [0.1, 0.15) is 16.3 Å². The SMILES string of the molecule is Cc1cccc(-c2nnc(CCNS(=O)(=O)c3ccc(C)s3)o2)c1. The van der Waals surface area contributed by atoms with Crippen LogP contribution in [0.25, 0.3) is 11.5 Å². The van der Waals surface area contributed by atoms with Gasteiger partial charge in [0.25, 0.3) is 0 Å². The molecule has 0 saturated carbocycles. The molecule has 3 rings (SSSR count). The molecule has 126 valence electrons. The molecule has 0 atom stereocenters. The van der Waals surface area contributed by atoms with E-state index in [9.17, 15) is 8.42 Å². The molecule has 1 N–H and O–H groups in total. The molecule has 6 nitrogen and oxygen atoms in total. The fraction of sp³-hybridized carbons (Fsp3) is 0.250. The van der Waals surface area contributed by atoms with Crippen LogP contribution in [-0.2, 0) is 16.4 Å². The first kappa shape index (κ1) is 16.8. The summed E-state index contributed by atoms with van der Waals surface area (Å²) in [5, 5.41) is 7.98. The average Bonchev–Trinajstić information content (AvgIpc) is 3.16. The van der Waals surface area contributed by atoms with Crippen molar-refractivity contribution in [1.29, 1.82) is 0 Å². The summed E-state index contributed by atoms with van der Waals surface area (Å²) in [5.41, 5.74) is 1.95. The summed E-state index contributed by atoms with van der Waals surface area (Å²) in [6, 6.07) is 11.1. The number of benzene rings is 1. The Morgan fingerprint density at radius 2 is 2.00 bits per heavy atom. The first-order valence-electron chi connectivity index (χ1n) is 7.39. The molecule has 0 saturated heterocycles. The third kappa shape index (κ3) is 3.89. The van der Waals surface area contributed by atoms with Gasteiger partial charge in [0.1, 0.15) is 4.21 Å². The van der Waals surface area contributed by atoms with Gasteiger partial charge in [-0.15, -0.1) is 21.5 Å². The van der Waals surface area contributed by atoms with Gasteiger partial charge in [0.15, 0.2) is 0 Å². The molecule has 0 bridgehead atoms. The second kappa shape index (κ2) is 6.84. The largest absolute Gasteiger partial charge is 0.421 e. The molecule has 0 fully saturated rings. The molecular weight excluding hydrogens is 346 g/mol. The minimum absolute atomic E-state index is 0.203. The molecule has 3 aromatic rings. The van der Waals surface area contributed by atoms with Crippen LogP contribution >= 0.6 is 11.3 Å². The summed E-state index contributed by atoms with van der Waals surface area (Å²) in [6.45, 7) is 4.06. The highest BCUT2D eigenvalue weighted by atomic mass is 32.2. The lowest BCUT2D eigenvalue weighted by molar-refractivity contribution is 0.502. The van der Waals surface area contributed by atoms with E-state index in [4.69, 9.17) is 4.42 Å². The lowest BCUT2D eigenvalue weighted by atomic mass is 10.1. The number of aromatic nitrogens is 2. The maximum Gasteiger partial charge on any atom is 0.250 e. The van der Waals surface area contributed by atoms with Gasteiger partial charge in [-0.25, -0.2) is 13.1 Å². The standard InChI is InChI=1S/C16H17N3O3S2/c1-11-4-3-5-13(10-11)16-19-18-14(22-16)8-9-17-24(20,21)15-7-6-12(2)23-15/h3-7,10,17H,8-9H2,1-2H3. The van der Waals surface area contributed by atoms with Crippen molar-refractivity contribution in [3.8, 4) is 11.5 Å². The van der Waals surface area contributed by atoms with Crippen LogP contribution in [0.4, 0.5) is 0 Å². The predicted molar refractivity (Wildman–Crippen MR) is 92.4 cm³/mol. The molecule has 8 heteroatoms. The number of nitrogens with zero attached hydrogens (tertiary/aromatic N) is 2. The highest BCUT2D eigenvalue weighted by Gasteiger charge is 2.16. The lowest BCUT2D eigenvalue weighted by Gasteiger charge is -2.02. The fourth-order valence-electron chi connectivity index (χ4n) is 2.17. The van der Waals surface area contributed by atoms with Crippen LogP contribution in [0.15, 0.2) is 45.0 Å². The number of nitrogens with one attached hydrogen (secondary N) is 1. The number of thiophene rings is 1. The Morgan fingerprint density at radius 3 is 2.71 bits per heavy atom. The van der Waals surface area contributed by atoms with Gasteiger partial charge in [-0.05, 0) is 38.1 Å². The van der Waals surface area contributed by atoms with E-state index in [1.165, 1.54) is 11.3 Å². The van der Waals surface area contributed by atoms with Gasteiger partial charge in [-0.1, -0.05) is 17.7 Å². The molecule has 0 unspecified atom stereocenters. The van der Waals surface area contributed by atoms with E-state index in [2.05, 4.69) is 14.9 Å². The number of rotatable bonds is 6. The molecule has 0 aliphatic rings. The molecule has 1 aromatic carbocycles. The summed E-state index contributed by atoms with van der Waals surface area (Å²) in [7, 11) is -3.48. The zero-order chi connectivity index (χ0) is 17.2. The van der Waals surface area contributed by atoms with Gasteiger partial charge in [0, 0.05) is 23.4 Å². The fourth-order valence-corrected chi connectivity index (χ4v) is 4.53. The van der Waals surface area contributed by atoms with E-state index in [0.717, 1.165) is 16.0 Å². The van der Waals surface area contributed by atoms with E-state index >= 15 is 0 Å². The van der Waals surface area contributed by atoms with Crippen molar-refractivity contribution in [2.75, 3.05) is 6.54 Å². The van der Waals surface area contributed by atoms with Crippen molar-refractivity contribution in [3.63, 3.8) is 0 Å². The van der Waals surface area contributed by atoms with E-state index in [1.807, 2.05) is 38.1 Å². The summed E-state index contributed by atoms with van der Waals surface area (Å²) in [6.07, 6.45) is 0.336. The summed E-state index contributed by atoms with van der Waals surface area (Å²) < 4.78 is 32.7. The number of hydrogen-bond donors (Lipinski definition) is 1. The molecule has 0 aliphatic heterocycles. The highest BCUT2D eigenvalue weighted by molar-refractivity contribution is 7.91. The zero-order valence-corrected chi connectivity index (χ0v) is 14.9. The van der Waals surface area contributed by atoms with Gasteiger partial charge in [-0.2, -0.15) is 0 Å². The van der Waals surface area contributed by atoms with Gasteiger partial charge >= 0.3 is 0 Å². The zero-order valence-electron chi connectivity index (χ0n) is 13.3. The quantitative estimate of drug-likeness (QED) is 0.728. The Bertz CT molecular complexity index is 945. The van der Waals surface area contributed by atoms with Crippen molar-refractivity contribution in [3.05, 3.63) is 52.7 Å². The number of aryl methyl sites for hydroxylation is 2. The van der Waals surface area contributed by atoms with Crippen molar-refractivity contribution in [2.24, 2.45) is 0 Å². The molecule has 0 aliphatic carbocycles. The molecule has 0 spiro atoms. The Morgan fingerprint density at radius 1 is 1.17 bits per heavy atom. The minimum Gasteiger partial charge on any atom is -0.421 e. The van der Waals surface area contributed by atoms with Crippen molar-refractivity contribution < 1.29 is 12.8 Å². The first-order valence-corrected chi connectivity index (χ1v) is 9.69. The van der Waals surface area contributed by atoms with E-state index in [1.54, 1.807) is 12.1 Å². The molecular formula is C16H17N3O3S2. The van der Waals surface area contributed by atoms with E-state index in [0.29, 0.717) is 22.4 Å². The van der Waals surface area contributed by atoms with Crippen molar-refractivity contribution >= 4 is 21.4 Å². The van der Waals surface area contributed by atoms with Gasteiger partial charge in [0.05, 0.1) is 0 Å². The number of hydrogen-bond acceptors (Lipinski definition) is 6. The molecule has 24 heavy (non-hydrogen) atoms. The van der Waals surface area contributed by atoms with Crippen LogP contribution in [0.2, 0.25) is 0 Å². The smallest absolute Gasteiger partial charge is 0.250 e. The maximum atomic E-state index is 12.1. The van der Waals surface area contributed by atoms with Crippen LogP contribution in [0, 0.1) is 13.8 Å². The highest BCUT2D eigenvalue weighted by Crippen LogP contribution is 2.21. The summed E-state index contributed by atoms with van der Waals surface area (Å²) >= 11 is 1.24. The number of sulfonamides is 1. The monoisotopic (exact) mass is 363 g/mol. The predicted octanol–water partition coefficient (Wildman–Crippen LogP) is 2.94. The van der Waals surface area contributed by atoms with Crippen LogP contribution < -0.4 is 4.72 Å². The Labute approximate surface area is 144 Å². The Balaban J connectivity index is 1.62. The van der Waals surface area contributed by atoms with Crippen LogP contribution in [0.3, 0.4) is 0 Å². The van der Waals surface area contributed by atoms with Gasteiger partial charge in [-0.3, -0.25) is 0 Å². The normalized spacial score (nSPS) is 11.8. The Kier molecular flexibility index (Phi) is 4.79. The second-order valence-corrected chi connectivity index (χ2v) is 8.66. The first-order chi connectivity index (χ1) is 11.4. The Hall–Kier alpha value is -2.03. The molecule has 0 radical (unpaired) electrons. The topological polar surface area (TPSA) is 85.1 Å².